The fraction of sp³-hybridized carbons (Fsp3) is 0.464. The van der Waals surface area contributed by atoms with Gasteiger partial charge < -0.3 is 36.8 Å². The first-order valence-electron chi connectivity index (χ1n) is 14.0. The van der Waals surface area contributed by atoms with Gasteiger partial charge in [-0.1, -0.05) is 36.8 Å². The van der Waals surface area contributed by atoms with Gasteiger partial charge in [-0.3, -0.25) is 43.8 Å². The van der Waals surface area contributed by atoms with Crippen LogP contribution < -0.4 is 32.3 Å². The summed E-state index contributed by atoms with van der Waals surface area (Å²) in [7, 11) is 0. The Balaban J connectivity index is 1.69. The normalized spacial score (nSPS) is 13.7. The van der Waals surface area contributed by atoms with Crippen molar-refractivity contribution < 1.29 is 43.4 Å². The van der Waals surface area contributed by atoms with Crippen LogP contribution in [0.3, 0.4) is 0 Å². The number of ether oxygens (including phenoxy) is 1. The number of rotatable bonds is 21. The first-order valence-corrected chi connectivity index (χ1v) is 14.0. The van der Waals surface area contributed by atoms with E-state index in [2.05, 4.69) is 26.6 Å². The number of nitrogens with one attached hydrogen (secondary N) is 5. The lowest BCUT2D eigenvalue weighted by Gasteiger charge is -2.20. The lowest BCUT2D eigenvalue weighted by atomic mass is 10.1. The molecule has 0 saturated heterocycles. The third-order valence-corrected chi connectivity index (χ3v) is 6.15. The summed E-state index contributed by atoms with van der Waals surface area (Å²) in [5.41, 5.74) is 5.69. The van der Waals surface area contributed by atoms with Gasteiger partial charge in [0.2, 0.25) is 29.5 Å². The fourth-order valence-corrected chi connectivity index (χ4v) is 3.91. The van der Waals surface area contributed by atoms with Crippen molar-refractivity contribution in [3.8, 4) is 0 Å². The molecule has 7 amide bonds. The molecular weight excluding hydrogens is 578 g/mol. The Bertz CT molecular complexity index is 1180. The molecule has 0 saturated carbocycles. The van der Waals surface area contributed by atoms with E-state index in [0.717, 1.165) is 10.5 Å². The molecule has 16 nitrogen and oxygen atoms in total. The SMILES string of the molecule is NC(=O)COCNC(=O)CNC(=O)[C@H](Cc1ccccc1)NC(=O)CNC(O)CNC(=O)CCCCCN1C(=O)C=CC1=O. The Kier molecular flexibility index (Phi) is 15.7. The van der Waals surface area contributed by atoms with Crippen molar-refractivity contribution >= 4 is 41.4 Å². The number of nitrogens with zero attached hydrogens (tertiary/aromatic N) is 1. The summed E-state index contributed by atoms with van der Waals surface area (Å²) in [4.78, 5) is 84.2. The smallest absolute Gasteiger partial charge is 0.253 e. The Hall–Kier alpha value is -4.67. The van der Waals surface area contributed by atoms with Crippen LogP contribution in [0.15, 0.2) is 42.5 Å². The predicted octanol–water partition coefficient (Wildman–Crippen LogP) is -3.08. The van der Waals surface area contributed by atoms with Gasteiger partial charge in [0, 0.05) is 31.5 Å². The van der Waals surface area contributed by atoms with Crippen LogP contribution in [0.5, 0.6) is 0 Å². The van der Waals surface area contributed by atoms with Crippen molar-refractivity contribution in [3.63, 3.8) is 0 Å². The molecule has 240 valence electrons. The molecule has 1 aromatic rings. The first-order chi connectivity index (χ1) is 21.0. The second kappa shape index (κ2) is 19.5. The molecule has 0 fully saturated rings. The first kappa shape index (κ1) is 35.5. The number of primary amides is 1. The highest BCUT2D eigenvalue weighted by molar-refractivity contribution is 6.12. The summed E-state index contributed by atoms with van der Waals surface area (Å²) in [6.07, 6.45) is 3.22. The van der Waals surface area contributed by atoms with E-state index in [1.165, 1.54) is 12.2 Å². The Labute approximate surface area is 254 Å². The number of carbonyl (C=O) groups excluding carboxylic acids is 7. The molecule has 44 heavy (non-hydrogen) atoms. The van der Waals surface area contributed by atoms with Gasteiger partial charge in [-0.2, -0.15) is 0 Å². The van der Waals surface area contributed by atoms with Crippen LogP contribution in [-0.4, -0.2) is 103 Å². The van der Waals surface area contributed by atoms with Crippen LogP contribution in [0.2, 0.25) is 0 Å². The largest absolute Gasteiger partial charge is 0.377 e. The van der Waals surface area contributed by atoms with E-state index in [-0.39, 0.29) is 63.5 Å². The summed E-state index contributed by atoms with van der Waals surface area (Å²) < 4.78 is 4.83. The summed E-state index contributed by atoms with van der Waals surface area (Å²) in [6.45, 7) is -1.31. The zero-order valence-electron chi connectivity index (χ0n) is 24.2. The number of nitrogens with two attached hydrogens (primary N) is 1. The number of aliphatic hydroxyl groups is 1. The number of imide groups is 1. The molecule has 0 aliphatic carbocycles. The molecule has 1 aliphatic rings. The number of aliphatic hydroxyl groups excluding tert-OH is 1. The van der Waals surface area contributed by atoms with Crippen molar-refractivity contribution in [2.75, 3.05) is 39.5 Å². The molecule has 2 atom stereocenters. The van der Waals surface area contributed by atoms with Crippen LogP contribution in [0, 0.1) is 0 Å². The van der Waals surface area contributed by atoms with E-state index in [1.807, 2.05) is 0 Å². The summed E-state index contributed by atoms with van der Waals surface area (Å²) in [5, 5.41) is 22.6. The van der Waals surface area contributed by atoms with Crippen LogP contribution in [-0.2, 0) is 44.7 Å². The Morgan fingerprint density at radius 2 is 1.57 bits per heavy atom. The second-order valence-electron chi connectivity index (χ2n) is 9.76. The van der Waals surface area contributed by atoms with Crippen molar-refractivity contribution in [2.24, 2.45) is 5.73 Å². The van der Waals surface area contributed by atoms with Crippen LogP contribution >= 0.6 is 0 Å². The summed E-state index contributed by atoms with van der Waals surface area (Å²) in [5.74, 6) is -3.53. The molecule has 16 heteroatoms. The maximum atomic E-state index is 12.8. The van der Waals surface area contributed by atoms with E-state index in [1.54, 1.807) is 30.3 Å². The molecule has 8 N–H and O–H groups in total. The minimum Gasteiger partial charge on any atom is -0.377 e. The molecule has 0 bridgehead atoms. The predicted molar refractivity (Wildman–Crippen MR) is 155 cm³/mol. The van der Waals surface area contributed by atoms with Crippen molar-refractivity contribution in [3.05, 3.63) is 48.0 Å². The Morgan fingerprint density at radius 3 is 2.25 bits per heavy atom. The molecule has 1 heterocycles. The standard InChI is InChI=1S/C28H39N7O9/c29-21(36)17-44-18-33-24(39)15-32-28(43)20(13-19-7-3-1-4-8-19)34-25(40)16-31-23(38)14-30-22(37)9-5-2-6-12-35-26(41)10-11-27(35)42/h1,3-4,7-8,10-11,20,23,31,38H,2,5-6,9,12-18H2,(H2,29,36)(H,30,37)(H,32,43)(H,33,39)(H,34,40)/t20-,23?/m0/s1. The number of hydrogen-bond acceptors (Lipinski definition) is 10. The highest BCUT2D eigenvalue weighted by Gasteiger charge is 2.23. The van der Waals surface area contributed by atoms with E-state index >= 15 is 0 Å². The minimum atomic E-state index is -1.24. The molecule has 1 aliphatic heterocycles. The maximum absolute atomic E-state index is 12.8. The summed E-state index contributed by atoms with van der Waals surface area (Å²) in [6, 6.07) is 7.84. The van der Waals surface area contributed by atoms with Gasteiger partial charge in [0.05, 0.1) is 19.6 Å². The average Bonchev–Trinajstić information content (AvgIpc) is 3.32. The van der Waals surface area contributed by atoms with Crippen LogP contribution in [0.25, 0.3) is 0 Å². The van der Waals surface area contributed by atoms with E-state index in [0.29, 0.717) is 19.3 Å². The topological polar surface area (TPSA) is 238 Å². The fourth-order valence-electron chi connectivity index (χ4n) is 3.91. The lowest BCUT2D eigenvalue weighted by Crippen LogP contribution is -2.53. The lowest BCUT2D eigenvalue weighted by molar-refractivity contribution is -0.137. The molecule has 0 radical (unpaired) electrons. The van der Waals surface area contributed by atoms with E-state index < -0.39 is 42.4 Å². The number of unbranched alkanes of at least 4 members (excludes halogenated alkanes) is 2. The summed E-state index contributed by atoms with van der Waals surface area (Å²) >= 11 is 0. The number of hydrogen-bond donors (Lipinski definition) is 7. The van der Waals surface area contributed by atoms with Crippen molar-refractivity contribution in [1.82, 2.24) is 31.5 Å². The average molecular weight is 618 g/mol. The van der Waals surface area contributed by atoms with E-state index in [4.69, 9.17) is 10.5 Å². The van der Waals surface area contributed by atoms with Gasteiger partial charge in [0.15, 0.2) is 0 Å². The quantitative estimate of drug-likeness (QED) is 0.0417. The molecular formula is C28H39N7O9. The molecule has 1 aromatic carbocycles. The zero-order chi connectivity index (χ0) is 32.3. The number of amides is 7. The van der Waals surface area contributed by atoms with Gasteiger partial charge in [-0.05, 0) is 18.4 Å². The number of carbonyl (C=O) groups is 7. The number of benzene rings is 1. The minimum absolute atomic E-state index is 0.127. The highest BCUT2D eigenvalue weighted by Crippen LogP contribution is 2.08. The van der Waals surface area contributed by atoms with Gasteiger partial charge >= 0.3 is 0 Å². The third kappa shape index (κ3) is 14.5. The van der Waals surface area contributed by atoms with Gasteiger partial charge in [-0.15, -0.1) is 0 Å². The molecule has 1 unspecified atom stereocenters. The third-order valence-electron chi connectivity index (χ3n) is 6.15. The van der Waals surface area contributed by atoms with Gasteiger partial charge in [0.1, 0.15) is 25.6 Å². The highest BCUT2D eigenvalue weighted by atomic mass is 16.5. The molecule has 2 rings (SSSR count). The van der Waals surface area contributed by atoms with Crippen molar-refractivity contribution in [1.29, 1.82) is 0 Å². The Morgan fingerprint density at radius 1 is 0.864 bits per heavy atom. The second-order valence-corrected chi connectivity index (χ2v) is 9.76. The zero-order valence-corrected chi connectivity index (χ0v) is 24.2. The van der Waals surface area contributed by atoms with Gasteiger partial charge in [0.25, 0.3) is 11.8 Å². The monoisotopic (exact) mass is 617 g/mol. The molecule has 0 spiro atoms. The van der Waals surface area contributed by atoms with E-state index in [9.17, 15) is 38.7 Å². The maximum Gasteiger partial charge on any atom is 0.253 e. The van der Waals surface area contributed by atoms with Crippen LogP contribution in [0.4, 0.5) is 0 Å². The van der Waals surface area contributed by atoms with Crippen LogP contribution in [0.1, 0.15) is 31.2 Å². The molecule has 0 aromatic heterocycles. The van der Waals surface area contributed by atoms with Crippen molar-refractivity contribution in [2.45, 2.75) is 44.4 Å². The van der Waals surface area contributed by atoms with Gasteiger partial charge in [-0.25, -0.2) is 0 Å².